The third kappa shape index (κ3) is 3.97. The zero-order valence-electron chi connectivity index (χ0n) is 16.1. The monoisotopic (exact) mass is 391 g/mol. The normalized spacial score (nSPS) is 13.8. The molecule has 6 heteroatoms. The minimum absolute atomic E-state index is 0.0710. The Morgan fingerprint density at radius 2 is 2.14 bits per heavy atom. The summed E-state index contributed by atoms with van der Waals surface area (Å²) in [4.78, 5) is 29.4. The second-order valence-corrected chi connectivity index (χ2v) is 7.18. The van der Waals surface area contributed by atoms with Gasteiger partial charge in [0.05, 0.1) is 6.54 Å². The number of hydrogen-bond acceptors (Lipinski definition) is 3. The topological polar surface area (TPSA) is 55.2 Å². The maximum atomic E-state index is 13.7. The Morgan fingerprint density at radius 3 is 2.97 bits per heavy atom. The first-order valence-electron chi connectivity index (χ1n) is 9.75. The third-order valence-corrected chi connectivity index (χ3v) is 5.34. The van der Waals surface area contributed by atoms with Crippen LogP contribution in [0.15, 0.2) is 54.7 Å². The molecule has 0 atom stereocenters. The van der Waals surface area contributed by atoms with Gasteiger partial charge >= 0.3 is 0 Å². The molecule has 1 amide bonds. The highest BCUT2D eigenvalue weighted by molar-refractivity contribution is 5.84. The van der Waals surface area contributed by atoms with E-state index in [1.165, 1.54) is 23.8 Å². The lowest BCUT2D eigenvalue weighted by Crippen LogP contribution is -2.36. The van der Waals surface area contributed by atoms with Crippen LogP contribution in [0.2, 0.25) is 0 Å². The fourth-order valence-electron chi connectivity index (χ4n) is 3.98. The maximum absolute atomic E-state index is 13.7. The van der Waals surface area contributed by atoms with Crippen molar-refractivity contribution >= 4 is 23.2 Å². The Hall–Kier alpha value is -3.28. The molecular weight excluding hydrogens is 369 g/mol. The van der Waals surface area contributed by atoms with Crippen molar-refractivity contribution in [2.75, 3.05) is 6.54 Å². The number of allylic oxidation sites excluding steroid dienone is 2. The van der Waals surface area contributed by atoms with Gasteiger partial charge in [0, 0.05) is 36.8 Å². The molecule has 0 fully saturated rings. The van der Waals surface area contributed by atoms with Crippen LogP contribution in [0, 0.1) is 5.82 Å². The van der Waals surface area contributed by atoms with E-state index in [1.807, 2.05) is 17.0 Å². The molecule has 4 rings (SSSR count). The molecular formula is C23H22FN3O2. The number of aromatic nitrogens is 2. The molecule has 0 radical (unpaired) electrons. The van der Waals surface area contributed by atoms with Crippen LogP contribution in [0.1, 0.15) is 29.7 Å². The van der Waals surface area contributed by atoms with Crippen molar-refractivity contribution in [3.8, 4) is 0 Å². The summed E-state index contributed by atoms with van der Waals surface area (Å²) < 4.78 is 15.8. The first-order chi connectivity index (χ1) is 14.2. The highest BCUT2D eigenvalue weighted by atomic mass is 19.1. The molecule has 3 heterocycles. The standard InChI is InChI=1S/C23H22FN3O2/c24-18-7-4-6-17(14-18)15-27-21-16-26(22(29)9-2-1-3-13-28)12-10-19(21)20-8-5-11-25-23(20)27/h1,3-8,11,13-14H,2,9-10,12,15-16H2/b3-1-. The largest absolute Gasteiger partial charge is 0.337 e. The van der Waals surface area contributed by atoms with Crippen molar-refractivity contribution in [2.45, 2.75) is 32.4 Å². The van der Waals surface area contributed by atoms with E-state index in [0.717, 1.165) is 35.0 Å². The number of carbonyl (C=O) groups is 2. The second-order valence-electron chi connectivity index (χ2n) is 7.18. The van der Waals surface area contributed by atoms with Gasteiger partial charge in [-0.3, -0.25) is 9.59 Å². The molecule has 0 unspecified atom stereocenters. The van der Waals surface area contributed by atoms with Crippen LogP contribution in [0.3, 0.4) is 0 Å². The predicted molar refractivity (Wildman–Crippen MR) is 109 cm³/mol. The second kappa shape index (κ2) is 8.39. The highest BCUT2D eigenvalue weighted by Crippen LogP contribution is 2.30. The van der Waals surface area contributed by atoms with Crippen LogP contribution in [-0.4, -0.2) is 33.2 Å². The number of halogens is 1. The number of carbonyl (C=O) groups excluding carboxylic acids is 2. The minimum atomic E-state index is -0.263. The number of amides is 1. The highest BCUT2D eigenvalue weighted by Gasteiger charge is 2.26. The molecule has 1 aliphatic rings. The van der Waals surface area contributed by atoms with Crippen LogP contribution in [0.5, 0.6) is 0 Å². The quantitative estimate of drug-likeness (QED) is 0.476. The molecule has 1 aromatic carbocycles. The van der Waals surface area contributed by atoms with E-state index >= 15 is 0 Å². The number of hydrogen-bond donors (Lipinski definition) is 0. The number of benzene rings is 1. The average molecular weight is 391 g/mol. The fraction of sp³-hybridized carbons (Fsp3) is 0.261. The summed E-state index contributed by atoms with van der Waals surface area (Å²) in [6.45, 7) is 1.68. The van der Waals surface area contributed by atoms with Crippen molar-refractivity contribution in [3.05, 3.63) is 77.4 Å². The number of fused-ring (bicyclic) bond motifs is 3. The molecule has 0 saturated heterocycles. The summed E-state index contributed by atoms with van der Waals surface area (Å²) in [7, 11) is 0. The SMILES string of the molecule is O=C/C=C\CCC(=O)N1CCc2c(n(Cc3cccc(F)c3)c3ncccc23)C1. The number of pyridine rings is 1. The lowest BCUT2D eigenvalue weighted by molar-refractivity contribution is -0.132. The van der Waals surface area contributed by atoms with E-state index in [9.17, 15) is 14.0 Å². The summed E-state index contributed by atoms with van der Waals surface area (Å²) in [5.41, 5.74) is 4.00. The lowest BCUT2D eigenvalue weighted by atomic mass is 10.0. The molecule has 29 heavy (non-hydrogen) atoms. The van der Waals surface area contributed by atoms with E-state index in [1.54, 1.807) is 18.3 Å². The number of rotatable bonds is 6. The Balaban J connectivity index is 1.64. The van der Waals surface area contributed by atoms with Gasteiger partial charge in [-0.2, -0.15) is 0 Å². The zero-order chi connectivity index (χ0) is 20.2. The van der Waals surface area contributed by atoms with Crippen molar-refractivity contribution in [1.29, 1.82) is 0 Å². The molecule has 5 nitrogen and oxygen atoms in total. The Labute approximate surface area is 168 Å². The van der Waals surface area contributed by atoms with Gasteiger partial charge in [0.15, 0.2) is 0 Å². The fourth-order valence-corrected chi connectivity index (χ4v) is 3.98. The Morgan fingerprint density at radius 1 is 1.24 bits per heavy atom. The van der Waals surface area contributed by atoms with Gasteiger partial charge in [-0.25, -0.2) is 9.37 Å². The van der Waals surface area contributed by atoms with Gasteiger partial charge in [-0.1, -0.05) is 18.2 Å². The molecule has 0 aliphatic carbocycles. The third-order valence-electron chi connectivity index (χ3n) is 5.34. The molecule has 148 valence electrons. The summed E-state index contributed by atoms with van der Waals surface area (Å²) in [6.07, 6.45) is 7.31. The zero-order valence-corrected chi connectivity index (χ0v) is 16.1. The molecule has 0 bridgehead atoms. The molecule has 0 spiro atoms. The van der Waals surface area contributed by atoms with Gasteiger partial charge < -0.3 is 9.47 Å². The van der Waals surface area contributed by atoms with Gasteiger partial charge in [0.2, 0.25) is 5.91 Å². The first-order valence-corrected chi connectivity index (χ1v) is 9.75. The molecule has 3 aromatic rings. The molecule has 0 saturated carbocycles. The van der Waals surface area contributed by atoms with Crippen LogP contribution in [0.25, 0.3) is 11.0 Å². The van der Waals surface area contributed by atoms with Crippen molar-refractivity contribution in [1.82, 2.24) is 14.5 Å². The van der Waals surface area contributed by atoms with E-state index < -0.39 is 0 Å². The summed E-state index contributed by atoms with van der Waals surface area (Å²) >= 11 is 0. The van der Waals surface area contributed by atoms with E-state index in [0.29, 0.717) is 32.5 Å². The van der Waals surface area contributed by atoms with Crippen molar-refractivity contribution in [3.63, 3.8) is 0 Å². The van der Waals surface area contributed by atoms with E-state index in [2.05, 4.69) is 15.6 Å². The summed E-state index contributed by atoms with van der Waals surface area (Å²) in [5, 5.41) is 1.10. The number of nitrogens with zero attached hydrogens (tertiary/aromatic N) is 3. The molecule has 1 aliphatic heterocycles. The molecule has 0 N–H and O–H groups in total. The summed E-state index contributed by atoms with van der Waals surface area (Å²) in [5.74, 6) is -0.192. The van der Waals surface area contributed by atoms with Crippen LogP contribution in [-0.2, 0) is 29.1 Å². The van der Waals surface area contributed by atoms with Gasteiger partial charge in [0.25, 0.3) is 0 Å². The van der Waals surface area contributed by atoms with Gasteiger partial charge in [-0.05, 0) is 54.3 Å². The van der Waals surface area contributed by atoms with E-state index in [-0.39, 0.29) is 11.7 Å². The van der Waals surface area contributed by atoms with Crippen molar-refractivity contribution < 1.29 is 14.0 Å². The first kappa shape index (κ1) is 19.1. The maximum Gasteiger partial charge on any atom is 0.223 e. The van der Waals surface area contributed by atoms with Crippen molar-refractivity contribution in [2.24, 2.45) is 0 Å². The van der Waals surface area contributed by atoms with Crippen LogP contribution >= 0.6 is 0 Å². The average Bonchev–Trinajstić information content (AvgIpc) is 3.04. The van der Waals surface area contributed by atoms with E-state index in [4.69, 9.17) is 0 Å². The van der Waals surface area contributed by atoms with Gasteiger partial charge in [-0.15, -0.1) is 0 Å². The Bertz CT molecular complexity index is 1090. The smallest absolute Gasteiger partial charge is 0.223 e. The van der Waals surface area contributed by atoms with Crippen LogP contribution < -0.4 is 0 Å². The van der Waals surface area contributed by atoms with Gasteiger partial charge in [0.1, 0.15) is 17.8 Å². The Kier molecular flexibility index (Phi) is 5.51. The summed E-state index contributed by atoms with van der Waals surface area (Å²) in [6, 6.07) is 10.6. The minimum Gasteiger partial charge on any atom is -0.337 e. The molecule has 2 aromatic heterocycles. The van der Waals surface area contributed by atoms with Crippen LogP contribution in [0.4, 0.5) is 4.39 Å². The number of aldehydes is 1. The predicted octanol–water partition coefficient (Wildman–Crippen LogP) is 3.64. The lowest BCUT2D eigenvalue weighted by Gasteiger charge is -2.28.